The van der Waals surface area contributed by atoms with E-state index in [9.17, 15) is 4.79 Å². The van der Waals surface area contributed by atoms with E-state index >= 15 is 0 Å². The second-order valence-electron chi connectivity index (χ2n) is 6.21. The number of nitrogens with zero attached hydrogens (tertiary/aromatic N) is 1. The van der Waals surface area contributed by atoms with Gasteiger partial charge in [-0.05, 0) is 31.4 Å². The SMILES string of the molecule is CCNC(=O)C1CNCCN1Cc1ccc(C2CC2C)o1. The first-order chi connectivity index (χ1) is 10.2. The van der Waals surface area contributed by atoms with E-state index in [4.69, 9.17) is 4.42 Å². The van der Waals surface area contributed by atoms with Gasteiger partial charge in [-0.2, -0.15) is 0 Å². The van der Waals surface area contributed by atoms with E-state index in [-0.39, 0.29) is 11.9 Å². The van der Waals surface area contributed by atoms with E-state index in [1.54, 1.807) is 0 Å². The van der Waals surface area contributed by atoms with Crippen LogP contribution >= 0.6 is 0 Å². The third kappa shape index (κ3) is 3.30. The molecule has 2 N–H and O–H groups in total. The van der Waals surface area contributed by atoms with Crippen LogP contribution in [0.1, 0.15) is 37.7 Å². The minimum Gasteiger partial charge on any atom is -0.464 e. The van der Waals surface area contributed by atoms with Crippen molar-refractivity contribution in [3.63, 3.8) is 0 Å². The molecule has 21 heavy (non-hydrogen) atoms. The lowest BCUT2D eigenvalue weighted by molar-refractivity contribution is -0.127. The van der Waals surface area contributed by atoms with Crippen molar-refractivity contribution in [2.45, 2.75) is 38.8 Å². The quantitative estimate of drug-likeness (QED) is 0.859. The average Bonchev–Trinajstić information content (AvgIpc) is 3.03. The number of carbonyl (C=O) groups is 1. The fraction of sp³-hybridized carbons (Fsp3) is 0.688. The van der Waals surface area contributed by atoms with E-state index in [1.165, 1.54) is 6.42 Å². The molecule has 1 aliphatic heterocycles. The second kappa shape index (κ2) is 6.20. The van der Waals surface area contributed by atoms with E-state index < -0.39 is 0 Å². The number of furan rings is 1. The molecular weight excluding hydrogens is 266 g/mol. The fourth-order valence-electron chi connectivity index (χ4n) is 3.08. The van der Waals surface area contributed by atoms with Gasteiger partial charge >= 0.3 is 0 Å². The van der Waals surface area contributed by atoms with Crippen molar-refractivity contribution in [1.29, 1.82) is 0 Å². The topological polar surface area (TPSA) is 57.5 Å². The van der Waals surface area contributed by atoms with Gasteiger partial charge in [0.2, 0.25) is 5.91 Å². The summed E-state index contributed by atoms with van der Waals surface area (Å²) >= 11 is 0. The average molecular weight is 291 g/mol. The highest BCUT2D eigenvalue weighted by Gasteiger charge is 2.37. The molecule has 0 spiro atoms. The number of likely N-dealkylation sites (N-methyl/N-ethyl adjacent to an activating group) is 1. The predicted molar refractivity (Wildman–Crippen MR) is 81.0 cm³/mol. The molecule has 2 aliphatic rings. The summed E-state index contributed by atoms with van der Waals surface area (Å²) in [5.41, 5.74) is 0. The van der Waals surface area contributed by atoms with Crippen LogP contribution in [-0.4, -0.2) is 43.0 Å². The Balaban J connectivity index is 1.63. The number of piperazine rings is 1. The van der Waals surface area contributed by atoms with Crippen LogP contribution in [0, 0.1) is 5.92 Å². The Morgan fingerprint density at radius 2 is 2.33 bits per heavy atom. The third-order valence-electron chi connectivity index (χ3n) is 4.52. The highest BCUT2D eigenvalue weighted by molar-refractivity contribution is 5.82. The largest absolute Gasteiger partial charge is 0.464 e. The van der Waals surface area contributed by atoms with Gasteiger partial charge < -0.3 is 15.1 Å². The molecule has 1 amide bonds. The predicted octanol–water partition coefficient (Wildman–Crippen LogP) is 1.31. The molecule has 3 unspecified atom stereocenters. The van der Waals surface area contributed by atoms with E-state index in [0.717, 1.165) is 30.5 Å². The van der Waals surface area contributed by atoms with Gasteiger partial charge in [-0.1, -0.05) is 6.92 Å². The zero-order valence-electron chi connectivity index (χ0n) is 12.9. The Morgan fingerprint density at radius 3 is 3.05 bits per heavy atom. The van der Waals surface area contributed by atoms with Gasteiger partial charge in [0.05, 0.1) is 6.54 Å². The lowest BCUT2D eigenvalue weighted by Crippen LogP contribution is -2.57. The van der Waals surface area contributed by atoms with Gasteiger partial charge in [0.15, 0.2) is 0 Å². The van der Waals surface area contributed by atoms with Gasteiger partial charge in [0.25, 0.3) is 0 Å². The monoisotopic (exact) mass is 291 g/mol. The van der Waals surface area contributed by atoms with Crippen LogP contribution in [0.4, 0.5) is 0 Å². The zero-order chi connectivity index (χ0) is 14.8. The molecule has 1 saturated heterocycles. The Labute approximate surface area is 126 Å². The molecule has 0 radical (unpaired) electrons. The number of amides is 1. The highest BCUT2D eigenvalue weighted by atomic mass is 16.3. The summed E-state index contributed by atoms with van der Waals surface area (Å²) < 4.78 is 5.97. The fourth-order valence-corrected chi connectivity index (χ4v) is 3.08. The second-order valence-corrected chi connectivity index (χ2v) is 6.21. The van der Waals surface area contributed by atoms with Crippen molar-refractivity contribution in [1.82, 2.24) is 15.5 Å². The maximum atomic E-state index is 12.1. The molecule has 5 heteroatoms. The minimum atomic E-state index is -0.105. The molecular formula is C16H25N3O2. The molecule has 2 fully saturated rings. The Morgan fingerprint density at radius 1 is 1.52 bits per heavy atom. The summed E-state index contributed by atoms with van der Waals surface area (Å²) in [7, 11) is 0. The molecule has 5 nitrogen and oxygen atoms in total. The molecule has 1 aliphatic carbocycles. The number of nitrogens with one attached hydrogen (secondary N) is 2. The van der Waals surface area contributed by atoms with E-state index in [1.807, 2.05) is 6.92 Å². The summed E-state index contributed by atoms with van der Waals surface area (Å²) in [6, 6.07) is 4.07. The van der Waals surface area contributed by atoms with Crippen LogP contribution in [0.25, 0.3) is 0 Å². The van der Waals surface area contributed by atoms with Gasteiger partial charge in [-0.15, -0.1) is 0 Å². The first-order valence-corrected chi connectivity index (χ1v) is 8.00. The van der Waals surface area contributed by atoms with Crippen molar-refractivity contribution in [3.8, 4) is 0 Å². The lowest BCUT2D eigenvalue weighted by atomic mass is 10.1. The summed E-state index contributed by atoms with van der Waals surface area (Å²) in [5.74, 6) is 3.56. The zero-order valence-corrected chi connectivity index (χ0v) is 12.9. The molecule has 0 aromatic carbocycles. The maximum absolute atomic E-state index is 12.1. The van der Waals surface area contributed by atoms with Crippen LogP contribution in [0.5, 0.6) is 0 Å². The summed E-state index contributed by atoms with van der Waals surface area (Å²) in [4.78, 5) is 14.4. The van der Waals surface area contributed by atoms with Gasteiger partial charge in [-0.3, -0.25) is 9.69 Å². The van der Waals surface area contributed by atoms with Crippen molar-refractivity contribution < 1.29 is 9.21 Å². The number of hydrogen-bond acceptors (Lipinski definition) is 4. The van der Waals surface area contributed by atoms with Crippen LogP contribution < -0.4 is 10.6 Å². The van der Waals surface area contributed by atoms with Crippen LogP contribution in [0.3, 0.4) is 0 Å². The molecule has 0 bridgehead atoms. The summed E-state index contributed by atoms with van der Waals surface area (Å²) in [5, 5.41) is 6.22. The smallest absolute Gasteiger partial charge is 0.238 e. The standard InChI is InChI=1S/C16H25N3O2/c1-3-18-16(20)14-9-17-6-7-19(14)10-12-4-5-15(21-12)13-8-11(13)2/h4-5,11,13-14,17H,3,6-10H2,1-2H3,(H,18,20). The Bertz CT molecular complexity index is 499. The van der Waals surface area contributed by atoms with Gasteiger partial charge in [0.1, 0.15) is 17.6 Å². The summed E-state index contributed by atoms with van der Waals surface area (Å²) in [6.45, 7) is 8.10. The molecule has 3 atom stereocenters. The first-order valence-electron chi connectivity index (χ1n) is 8.00. The van der Waals surface area contributed by atoms with Crippen molar-refractivity contribution in [2.24, 2.45) is 5.92 Å². The lowest BCUT2D eigenvalue weighted by Gasteiger charge is -2.34. The Hall–Kier alpha value is -1.33. The van der Waals surface area contributed by atoms with Gasteiger partial charge in [-0.25, -0.2) is 0 Å². The molecule has 1 aromatic heterocycles. The number of rotatable bonds is 5. The van der Waals surface area contributed by atoms with E-state index in [2.05, 4.69) is 34.6 Å². The number of carbonyl (C=O) groups excluding carboxylic acids is 1. The number of hydrogen-bond donors (Lipinski definition) is 2. The van der Waals surface area contributed by atoms with Crippen LogP contribution in [-0.2, 0) is 11.3 Å². The molecule has 3 rings (SSSR count). The first kappa shape index (κ1) is 14.6. The normalized spacial score (nSPS) is 29.3. The third-order valence-corrected chi connectivity index (χ3v) is 4.52. The van der Waals surface area contributed by atoms with Crippen molar-refractivity contribution >= 4 is 5.91 Å². The van der Waals surface area contributed by atoms with Crippen molar-refractivity contribution in [2.75, 3.05) is 26.2 Å². The van der Waals surface area contributed by atoms with Crippen molar-refractivity contribution in [3.05, 3.63) is 23.7 Å². The molecule has 1 aromatic rings. The van der Waals surface area contributed by atoms with Crippen LogP contribution in [0.15, 0.2) is 16.5 Å². The van der Waals surface area contributed by atoms with E-state index in [0.29, 0.717) is 25.6 Å². The maximum Gasteiger partial charge on any atom is 0.238 e. The Kier molecular flexibility index (Phi) is 4.31. The molecule has 116 valence electrons. The van der Waals surface area contributed by atoms with Gasteiger partial charge in [0, 0.05) is 32.1 Å². The molecule has 1 saturated carbocycles. The molecule has 2 heterocycles. The minimum absolute atomic E-state index is 0.104. The highest BCUT2D eigenvalue weighted by Crippen LogP contribution is 2.47. The summed E-state index contributed by atoms with van der Waals surface area (Å²) in [6.07, 6.45) is 1.24. The van der Waals surface area contributed by atoms with Crippen LogP contribution in [0.2, 0.25) is 0 Å².